The normalized spacial score (nSPS) is 17.0. The Morgan fingerprint density at radius 2 is 1.97 bits per heavy atom. The van der Waals surface area contributed by atoms with E-state index >= 15 is 0 Å². The summed E-state index contributed by atoms with van der Waals surface area (Å²) < 4.78 is 48.9. The number of carbonyl (C=O) groups excluding carboxylic acids is 1. The van der Waals surface area contributed by atoms with E-state index < -0.39 is 21.8 Å². The Bertz CT molecular complexity index is 1270. The van der Waals surface area contributed by atoms with Gasteiger partial charge >= 0.3 is 0 Å². The highest BCUT2D eigenvalue weighted by Gasteiger charge is 2.36. The van der Waals surface area contributed by atoms with Crippen LogP contribution in [0.15, 0.2) is 53.1 Å². The zero-order chi connectivity index (χ0) is 24.3. The number of nitrogens with zero attached hydrogens (tertiary/aromatic N) is 2. The van der Waals surface area contributed by atoms with Gasteiger partial charge in [-0.1, -0.05) is 24.2 Å². The maximum Gasteiger partial charge on any atom is 0.276 e. The highest BCUT2D eigenvalue weighted by Crippen LogP contribution is 2.26. The van der Waals surface area contributed by atoms with Gasteiger partial charge in [0.25, 0.3) is 5.91 Å². The molecule has 4 rings (SSSR count). The number of rotatable bonds is 8. The summed E-state index contributed by atoms with van der Waals surface area (Å²) in [6.07, 6.45) is 1.27. The minimum atomic E-state index is -3.21. The first kappa shape index (κ1) is 23.9. The molecular weight excluding hydrogens is 459 g/mol. The summed E-state index contributed by atoms with van der Waals surface area (Å²) in [5.74, 6) is 0.287. The smallest absolute Gasteiger partial charge is 0.276 e. The van der Waals surface area contributed by atoms with Crippen LogP contribution in [0.25, 0.3) is 11.3 Å². The topological polar surface area (TPSA) is 89.7 Å². The van der Waals surface area contributed by atoms with Crippen LogP contribution in [0, 0.1) is 12.7 Å². The summed E-state index contributed by atoms with van der Waals surface area (Å²) >= 11 is 0. The van der Waals surface area contributed by atoms with Crippen molar-refractivity contribution in [1.82, 2.24) is 10.1 Å². The second kappa shape index (κ2) is 9.97. The molecule has 0 aliphatic carbocycles. The molecule has 0 bridgehead atoms. The summed E-state index contributed by atoms with van der Waals surface area (Å²) in [6.45, 7) is 4.51. The number of halogens is 1. The van der Waals surface area contributed by atoms with Crippen LogP contribution in [-0.2, 0) is 16.4 Å². The minimum Gasteiger partial charge on any atom is -0.494 e. The molecule has 180 valence electrons. The molecule has 9 heteroatoms. The molecule has 1 saturated heterocycles. The van der Waals surface area contributed by atoms with Crippen molar-refractivity contribution in [3.8, 4) is 17.1 Å². The average Bonchev–Trinajstić information content (AvgIpc) is 3.45. The van der Waals surface area contributed by atoms with Gasteiger partial charge in [0, 0.05) is 24.2 Å². The molecule has 1 unspecified atom stereocenters. The first-order valence-corrected chi connectivity index (χ1v) is 13.0. The molecule has 1 amide bonds. The molecule has 2 aromatic carbocycles. The van der Waals surface area contributed by atoms with E-state index in [2.05, 4.69) is 5.16 Å². The van der Waals surface area contributed by atoms with Gasteiger partial charge in [0.15, 0.2) is 21.3 Å². The van der Waals surface area contributed by atoms with Crippen LogP contribution in [0.3, 0.4) is 0 Å². The SMILES string of the molecule is CCCOc1ccc(CN(C(=O)c2cc(-c3ccc(F)c(C)c3)on2)C2CCS(=O)(=O)C2)cc1. The largest absolute Gasteiger partial charge is 0.494 e. The van der Waals surface area contributed by atoms with Crippen LogP contribution < -0.4 is 4.74 Å². The summed E-state index contributed by atoms with van der Waals surface area (Å²) in [6, 6.07) is 13.0. The van der Waals surface area contributed by atoms with Crippen molar-refractivity contribution in [2.75, 3.05) is 18.1 Å². The Morgan fingerprint density at radius 1 is 1.21 bits per heavy atom. The highest BCUT2D eigenvalue weighted by atomic mass is 32.2. The van der Waals surface area contributed by atoms with Crippen LogP contribution in [0.1, 0.15) is 41.4 Å². The van der Waals surface area contributed by atoms with Gasteiger partial charge in [0.2, 0.25) is 0 Å². The first-order valence-electron chi connectivity index (χ1n) is 11.2. The molecule has 1 atom stereocenters. The minimum absolute atomic E-state index is 0.0458. The summed E-state index contributed by atoms with van der Waals surface area (Å²) in [7, 11) is -3.21. The third-order valence-electron chi connectivity index (χ3n) is 5.83. The number of amides is 1. The summed E-state index contributed by atoms with van der Waals surface area (Å²) in [5, 5.41) is 3.93. The first-order chi connectivity index (χ1) is 16.3. The van der Waals surface area contributed by atoms with Gasteiger partial charge in [-0.05, 0) is 61.2 Å². The van der Waals surface area contributed by atoms with E-state index in [1.54, 1.807) is 24.0 Å². The molecule has 34 heavy (non-hydrogen) atoms. The van der Waals surface area contributed by atoms with Crippen molar-refractivity contribution >= 4 is 15.7 Å². The van der Waals surface area contributed by atoms with Crippen LogP contribution >= 0.6 is 0 Å². The Kier molecular flexibility index (Phi) is 7.02. The number of aryl methyl sites for hydroxylation is 1. The number of ether oxygens (including phenoxy) is 1. The molecule has 1 fully saturated rings. The van der Waals surface area contributed by atoms with Gasteiger partial charge in [0.1, 0.15) is 11.6 Å². The zero-order valence-electron chi connectivity index (χ0n) is 19.2. The van der Waals surface area contributed by atoms with Gasteiger partial charge in [-0.15, -0.1) is 0 Å². The van der Waals surface area contributed by atoms with E-state index in [9.17, 15) is 17.6 Å². The lowest BCUT2D eigenvalue weighted by Crippen LogP contribution is -2.40. The van der Waals surface area contributed by atoms with Crippen molar-refractivity contribution < 1.29 is 26.9 Å². The summed E-state index contributed by atoms with van der Waals surface area (Å²) in [4.78, 5) is 15.0. The van der Waals surface area contributed by atoms with Gasteiger partial charge in [0.05, 0.1) is 18.1 Å². The number of sulfone groups is 1. The second-order valence-corrected chi connectivity index (χ2v) is 10.8. The Hall–Kier alpha value is -3.20. The van der Waals surface area contributed by atoms with Gasteiger partial charge in [-0.3, -0.25) is 4.79 Å². The fraction of sp³-hybridized carbons (Fsp3) is 0.360. The molecule has 1 aliphatic heterocycles. The lowest BCUT2D eigenvalue weighted by Gasteiger charge is -2.27. The average molecular weight is 487 g/mol. The van der Waals surface area contributed by atoms with E-state index in [1.165, 1.54) is 12.1 Å². The van der Waals surface area contributed by atoms with E-state index in [4.69, 9.17) is 9.26 Å². The van der Waals surface area contributed by atoms with Crippen molar-refractivity contribution in [3.05, 3.63) is 71.2 Å². The Balaban J connectivity index is 1.58. The van der Waals surface area contributed by atoms with Crippen LogP contribution in [-0.4, -0.2) is 48.5 Å². The molecule has 0 radical (unpaired) electrons. The molecule has 0 spiro atoms. The molecule has 7 nitrogen and oxygen atoms in total. The third kappa shape index (κ3) is 5.47. The van der Waals surface area contributed by atoms with Gasteiger partial charge in [-0.2, -0.15) is 0 Å². The number of aromatic nitrogens is 1. The predicted octanol–water partition coefficient (Wildman–Crippen LogP) is 4.41. The van der Waals surface area contributed by atoms with E-state index in [0.717, 1.165) is 17.7 Å². The monoisotopic (exact) mass is 486 g/mol. The van der Waals surface area contributed by atoms with E-state index in [-0.39, 0.29) is 29.6 Å². The van der Waals surface area contributed by atoms with Crippen LogP contribution in [0.4, 0.5) is 4.39 Å². The van der Waals surface area contributed by atoms with Crippen molar-refractivity contribution in [3.63, 3.8) is 0 Å². The molecular formula is C25H27FN2O5S. The maximum absolute atomic E-state index is 13.6. The quantitative estimate of drug-likeness (QED) is 0.469. The number of carbonyl (C=O) groups is 1. The van der Waals surface area contributed by atoms with Crippen molar-refractivity contribution in [2.45, 2.75) is 39.3 Å². The van der Waals surface area contributed by atoms with Crippen LogP contribution in [0.2, 0.25) is 0 Å². The number of benzene rings is 2. The van der Waals surface area contributed by atoms with E-state index in [0.29, 0.717) is 29.9 Å². The molecule has 3 aromatic rings. The maximum atomic E-state index is 13.6. The molecule has 2 heterocycles. The standard InChI is InChI=1S/C25H27FN2O5S/c1-3-11-32-21-7-4-18(5-8-21)15-28(20-10-12-34(30,31)16-20)25(29)23-14-24(33-27-23)19-6-9-22(26)17(2)13-19/h4-9,13-14,20H,3,10-12,15-16H2,1-2H3. The molecule has 0 N–H and O–H groups in total. The van der Waals surface area contributed by atoms with Crippen molar-refractivity contribution in [1.29, 1.82) is 0 Å². The molecule has 1 aliphatic rings. The summed E-state index contributed by atoms with van der Waals surface area (Å²) in [5.41, 5.74) is 1.97. The molecule has 0 saturated carbocycles. The second-order valence-electron chi connectivity index (χ2n) is 8.52. The fourth-order valence-electron chi connectivity index (χ4n) is 3.95. The zero-order valence-corrected chi connectivity index (χ0v) is 20.0. The van der Waals surface area contributed by atoms with Crippen molar-refractivity contribution in [2.24, 2.45) is 0 Å². The van der Waals surface area contributed by atoms with Gasteiger partial charge in [-0.25, -0.2) is 12.8 Å². The van der Waals surface area contributed by atoms with Crippen LogP contribution in [0.5, 0.6) is 5.75 Å². The number of hydrogen-bond acceptors (Lipinski definition) is 6. The fourth-order valence-corrected chi connectivity index (χ4v) is 5.68. The Morgan fingerprint density at radius 3 is 2.62 bits per heavy atom. The predicted molar refractivity (Wildman–Crippen MR) is 126 cm³/mol. The Labute approximate surface area is 198 Å². The van der Waals surface area contributed by atoms with E-state index in [1.807, 2.05) is 31.2 Å². The number of hydrogen-bond donors (Lipinski definition) is 0. The third-order valence-corrected chi connectivity index (χ3v) is 7.58. The highest BCUT2D eigenvalue weighted by molar-refractivity contribution is 7.91. The lowest BCUT2D eigenvalue weighted by molar-refractivity contribution is 0.0670. The lowest BCUT2D eigenvalue weighted by atomic mass is 10.1. The molecule has 1 aromatic heterocycles. The van der Waals surface area contributed by atoms with Gasteiger partial charge < -0.3 is 14.2 Å².